The Morgan fingerprint density at radius 2 is 2.22 bits per heavy atom. The third kappa shape index (κ3) is 4.39. The number of benzene rings is 1. The van der Waals surface area contributed by atoms with Crippen molar-refractivity contribution < 1.29 is 14.3 Å². The molecule has 1 atom stereocenters. The van der Waals surface area contributed by atoms with Gasteiger partial charge in [-0.3, -0.25) is 9.59 Å². The number of rotatable bonds is 6. The molecule has 27 heavy (non-hydrogen) atoms. The zero-order valence-corrected chi connectivity index (χ0v) is 15.9. The van der Waals surface area contributed by atoms with E-state index in [4.69, 9.17) is 4.74 Å². The molecular weight excluding hydrogens is 346 g/mol. The summed E-state index contributed by atoms with van der Waals surface area (Å²) in [5, 5.41) is 2.92. The maximum Gasteiger partial charge on any atom is 0.253 e. The number of hydrogen-bond donors (Lipinski definition) is 2. The monoisotopic (exact) mass is 371 g/mol. The molecule has 1 aromatic carbocycles. The van der Waals surface area contributed by atoms with Gasteiger partial charge in [0.05, 0.1) is 18.2 Å². The molecule has 8 heteroatoms. The number of imidazole rings is 1. The van der Waals surface area contributed by atoms with Gasteiger partial charge in [-0.15, -0.1) is 0 Å². The Balaban J connectivity index is 1.60. The van der Waals surface area contributed by atoms with Crippen molar-refractivity contribution in [3.63, 3.8) is 0 Å². The molecule has 144 valence electrons. The van der Waals surface area contributed by atoms with Crippen molar-refractivity contribution in [2.45, 2.75) is 18.9 Å². The van der Waals surface area contributed by atoms with Crippen LogP contribution in [0.2, 0.25) is 0 Å². The molecule has 1 aliphatic rings. The van der Waals surface area contributed by atoms with Gasteiger partial charge >= 0.3 is 0 Å². The fourth-order valence-electron chi connectivity index (χ4n) is 3.04. The first-order chi connectivity index (χ1) is 13.0. The molecule has 0 unspecified atom stereocenters. The van der Waals surface area contributed by atoms with Crippen LogP contribution in [0.4, 0.5) is 5.69 Å². The Morgan fingerprint density at radius 1 is 1.41 bits per heavy atom. The van der Waals surface area contributed by atoms with Crippen LogP contribution >= 0.6 is 0 Å². The summed E-state index contributed by atoms with van der Waals surface area (Å²) in [4.78, 5) is 35.2. The minimum Gasteiger partial charge on any atom is -0.489 e. The molecule has 0 saturated carbocycles. The van der Waals surface area contributed by atoms with Crippen molar-refractivity contribution in [1.29, 1.82) is 0 Å². The summed E-state index contributed by atoms with van der Waals surface area (Å²) in [6.45, 7) is 0.956. The molecule has 8 nitrogen and oxygen atoms in total. The highest BCUT2D eigenvalue weighted by atomic mass is 16.5. The lowest BCUT2D eigenvalue weighted by molar-refractivity contribution is -0.121. The van der Waals surface area contributed by atoms with E-state index in [2.05, 4.69) is 15.3 Å². The van der Waals surface area contributed by atoms with E-state index in [1.807, 2.05) is 24.1 Å². The summed E-state index contributed by atoms with van der Waals surface area (Å²) in [5.41, 5.74) is 1.42. The maximum absolute atomic E-state index is 12.3. The lowest BCUT2D eigenvalue weighted by Crippen LogP contribution is -2.44. The lowest BCUT2D eigenvalue weighted by Gasteiger charge is -2.35. The summed E-state index contributed by atoms with van der Waals surface area (Å²) in [7, 11) is 5.36. The molecule has 3 rings (SSSR count). The number of aromatic nitrogens is 2. The Hall–Kier alpha value is -3.03. The topological polar surface area (TPSA) is 90.6 Å². The number of ether oxygens (including phenoxy) is 1. The van der Waals surface area contributed by atoms with Gasteiger partial charge in [-0.2, -0.15) is 0 Å². The molecule has 0 bridgehead atoms. The van der Waals surface area contributed by atoms with E-state index in [-0.39, 0.29) is 17.9 Å². The number of nitrogens with one attached hydrogen (secondary N) is 2. The van der Waals surface area contributed by atoms with Gasteiger partial charge in [0.1, 0.15) is 18.2 Å². The van der Waals surface area contributed by atoms with Gasteiger partial charge in [-0.25, -0.2) is 4.98 Å². The fourth-order valence-corrected chi connectivity index (χ4v) is 3.04. The predicted molar refractivity (Wildman–Crippen MR) is 102 cm³/mol. The standard InChI is InChI=1S/C19H25N5O3/c1-23(2)19(26)13-4-5-16-15(10-13)24(3)14(12-27-16)11-18(25)22-7-6-17-20-8-9-21-17/h4-5,8-10,14H,6-7,11-12H2,1-3H3,(H,20,21)(H,22,25)/t14-/m1/s1. The van der Waals surface area contributed by atoms with E-state index in [0.29, 0.717) is 31.6 Å². The Bertz CT molecular complexity index is 804. The first kappa shape index (κ1) is 18.8. The van der Waals surface area contributed by atoms with Crippen LogP contribution in [0.3, 0.4) is 0 Å². The minimum absolute atomic E-state index is 0.0361. The maximum atomic E-state index is 12.3. The summed E-state index contributed by atoms with van der Waals surface area (Å²) >= 11 is 0. The molecule has 0 spiro atoms. The highest BCUT2D eigenvalue weighted by Crippen LogP contribution is 2.34. The van der Waals surface area contributed by atoms with E-state index in [0.717, 1.165) is 17.3 Å². The summed E-state index contributed by atoms with van der Waals surface area (Å²) in [5.74, 6) is 1.47. The average molecular weight is 371 g/mol. The van der Waals surface area contributed by atoms with Crippen LogP contribution < -0.4 is 15.0 Å². The number of carbonyl (C=O) groups excluding carboxylic acids is 2. The number of aromatic amines is 1. The summed E-state index contributed by atoms with van der Waals surface area (Å²) < 4.78 is 5.80. The smallest absolute Gasteiger partial charge is 0.253 e. The van der Waals surface area contributed by atoms with Crippen molar-refractivity contribution in [1.82, 2.24) is 20.2 Å². The van der Waals surface area contributed by atoms with E-state index in [1.54, 1.807) is 32.6 Å². The molecular formula is C19H25N5O3. The number of fused-ring (bicyclic) bond motifs is 1. The van der Waals surface area contributed by atoms with Crippen LogP contribution in [0, 0.1) is 0 Å². The Morgan fingerprint density at radius 3 is 2.93 bits per heavy atom. The number of amides is 2. The van der Waals surface area contributed by atoms with Gasteiger partial charge in [-0.05, 0) is 18.2 Å². The number of nitrogens with zero attached hydrogens (tertiary/aromatic N) is 3. The van der Waals surface area contributed by atoms with Crippen LogP contribution in [0.15, 0.2) is 30.6 Å². The van der Waals surface area contributed by atoms with Crippen LogP contribution in [0.25, 0.3) is 0 Å². The predicted octanol–water partition coefficient (Wildman–Crippen LogP) is 1.06. The number of hydrogen-bond acceptors (Lipinski definition) is 5. The van der Waals surface area contributed by atoms with Gasteiger partial charge in [0, 0.05) is 52.1 Å². The lowest BCUT2D eigenvalue weighted by atomic mass is 10.1. The van der Waals surface area contributed by atoms with Crippen LogP contribution in [0.5, 0.6) is 5.75 Å². The van der Waals surface area contributed by atoms with Crippen molar-refractivity contribution >= 4 is 17.5 Å². The molecule has 2 heterocycles. The second-order valence-electron chi connectivity index (χ2n) is 6.80. The second kappa shape index (κ2) is 8.11. The largest absolute Gasteiger partial charge is 0.489 e. The number of carbonyl (C=O) groups is 2. The van der Waals surface area contributed by atoms with E-state index in [9.17, 15) is 9.59 Å². The summed E-state index contributed by atoms with van der Waals surface area (Å²) in [6.07, 6.45) is 4.44. The number of anilines is 1. The fraction of sp³-hybridized carbons (Fsp3) is 0.421. The molecule has 2 aromatic rings. The highest BCUT2D eigenvalue weighted by Gasteiger charge is 2.27. The van der Waals surface area contributed by atoms with Gasteiger partial charge in [0.15, 0.2) is 0 Å². The van der Waals surface area contributed by atoms with E-state index in [1.165, 1.54) is 4.90 Å². The van der Waals surface area contributed by atoms with Crippen molar-refractivity contribution in [3.8, 4) is 5.75 Å². The molecule has 2 N–H and O–H groups in total. The van der Waals surface area contributed by atoms with Gasteiger partial charge in [0.25, 0.3) is 5.91 Å². The van der Waals surface area contributed by atoms with Crippen molar-refractivity contribution in [2.75, 3.05) is 39.2 Å². The Labute approximate surface area is 158 Å². The van der Waals surface area contributed by atoms with Crippen molar-refractivity contribution in [2.24, 2.45) is 0 Å². The third-order valence-corrected chi connectivity index (χ3v) is 4.63. The molecule has 2 amide bonds. The second-order valence-corrected chi connectivity index (χ2v) is 6.80. The summed E-state index contributed by atoms with van der Waals surface area (Å²) in [6, 6.07) is 5.29. The SMILES string of the molecule is CN(C)C(=O)c1ccc2c(c1)N(C)[C@H](CC(=O)NCCc1ncc[nH]1)CO2. The van der Waals surface area contributed by atoms with E-state index < -0.39 is 0 Å². The zero-order valence-electron chi connectivity index (χ0n) is 15.9. The van der Waals surface area contributed by atoms with Crippen LogP contribution in [-0.4, -0.2) is 67.0 Å². The molecule has 0 saturated heterocycles. The van der Waals surface area contributed by atoms with Gasteiger partial charge in [0.2, 0.25) is 5.91 Å². The first-order valence-electron chi connectivity index (χ1n) is 8.92. The van der Waals surface area contributed by atoms with E-state index >= 15 is 0 Å². The molecule has 0 aliphatic carbocycles. The minimum atomic E-state index is -0.0918. The number of likely N-dealkylation sites (N-methyl/N-ethyl adjacent to an activating group) is 1. The zero-order chi connectivity index (χ0) is 19.4. The van der Waals surface area contributed by atoms with Crippen LogP contribution in [0.1, 0.15) is 22.6 Å². The van der Waals surface area contributed by atoms with Crippen LogP contribution in [-0.2, 0) is 11.2 Å². The quantitative estimate of drug-likeness (QED) is 0.792. The molecule has 1 aromatic heterocycles. The number of H-pyrrole nitrogens is 1. The first-order valence-corrected chi connectivity index (χ1v) is 8.92. The third-order valence-electron chi connectivity index (χ3n) is 4.63. The van der Waals surface area contributed by atoms with Gasteiger partial charge in [-0.1, -0.05) is 0 Å². The van der Waals surface area contributed by atoms with Crippen molar-refractivity contribution in [3.05, 3.63) is 42.0 Å². The van der Waals surface area contributed by atoms with Gasteiger partial charge < -0.3 is 24.8 Å². The molecule has 1 aliphatic heterocycles. The average Bonchev–Trinajstić information content (AvgIpc) is 3.16. The highest BCUT2D eigenvalue weighted by molar-refractivity contribution is 5.95. The molecule has 0 fully saturated rings. The normalized spacial score (nSPS) is 15.7. The Kier molecular flexibility index (Phi) is 5.63. The molecule has 0 radical (unpaired) electrons.